The first-order valence-electron chi connectivity index (χ1n) is 6.36. The van der Waals surface area contributed by atoms with E-state index in [4.69, 9.17) is 10.8 Å². The molecule has 0 heterocycles. The lowest BCUT2D eigenvalue weighted by Crippen LogP contribution is -2.26. The highest BCUT2D eigenvalue weighted by molar-refractivity contribution is 7.89. The van der Waals surface area contributed by atoms with Gasteiger partial charge in [-0.3, -0.25) is 4.79 Å². The second-order valence-electron chi connectivity index (χ2n) is 4.61. The fraction of sp³-hybridized carbons (Fsp3) is 0.385. The highest BCUT2D eigenvalue weighted by atomic mass is 32.2. The van der Waals surface area contributed by atoms with E-state index in [1.54, 1.807) is 6.92 Å². The Balaban J connectivity index is 2.76. The summed E-state index contributed by atoms with van der Waals surface area (Å²) >= 11 is 0. The molecule has 0 aliphatic carbocycles. The maximum Gasteiger partial charge on any atom is 0.335 e. The summed E-state index contributed by atoms with van der Waals surface area (Å²) in [7, 11) is -3.78. The predicted molar refractivity (Wildman–Crippen MR) is 76.4 cm³/mol. The molecule has 21 heavy (non-hydrogen) atoms. The van der Waals surface area contributed by atoms with Crippen LogP contribution in [0.2, 0.25) is 0 Å². The highest BCUT2D eigenvalue weighted by Crippen LogP contribution is 2.17. The molecule has 1 rings (SSSR count). The van der Waals surface area contributed by atoms with Crippen molar-refractivity contribution in [1.29, 1.82) is 0 Å². The molecule has 0 saturated heterocycles. The Bertz CT molecular complexity index is 640. The standard InChI is InChI=1S/C13H18N2O5S/c1-9-5-6-10(13(17)18)8-11(9)21(19,20)15-7-3-2-4-12(14)16/h5-6,8,15H,2-4,7H2,1H3,(H2,14,16)(H,17,18). The molecule has 1 aromatic rings. The first-order chi connectivity index (χ1) is 9.74. The molecule has 116 valence electrons. The molecule has 0 unspecified atom stereocenters. The van der Waals surface area contributed by atoms with E-state index >= 15 is 0 Å². The van der Waals surface area contributed by atoms with Crippen LogP contribution < -0.4 is 10.5 Å². The number of carbonyl (C=O) groups excluding carboxylic acids is 1. The van der Waals surface area contributed by atoms with Gasteiger partial charge in [0.2, 0.25) is 15.9 Å². The van der Waals surface area contributed by atoms with Crippen LogP contribution in [-0.4, -0.2) is 31.9 Å². The molecule has 8 heteroatoms. The fourth-order valence-corrected chi connectivity index (χ4v) is 3.07. The number of carboxylic acids is 1. The van der Waals surface area contributed by atoms with E-state index in [9.17, 15) is 18.0 Å². The zero-order chi connectivity index (χ0) is 16.0. The Morgan fingerprint density at radius 3 is 2.52 bits per heavy atom. The van der Waals surface area contributed by atoms with Crippen LogP contribution in [0.5, 0.6) is 0 Å². The number of amides is 1. The number of benzene rings is 1. The number of carbonyl (C=O) groups is 2. The number of nitrogens with one attached hydrogen (secondary N) is 1. The predicted octanol–water partition coefficient (Wildman–Crippen LogP) is 0.627. The molecule has 1 aromatic carbocycles. The van der Waals surface area contributed by atoms with Crippen LogP contribution in [0, 0.1) is 6.92 Å². The summed E-state index contributed by atoms with van der Waals surface area (Å²) in [5.74, 6) is -1.62. The van der Waals surface area contributed by atoms with Gasteiger partial charge in [0.1, 0.15) is 0 Å². The Labute approximate surface area is 123 Å². The average molecular weight is 314 g/mol. The third kappa shape index (κ3) is 5.16. The topological polar surface area (TPSA) is 127 Å². The summed E-state index contributed by atoms with van der Waals surface area (Å²) in [6.45, 7) is 1.75. The largest absolute Gasteiger partial charge is 0.478 e. The van der Waals surface area contributed by atoms with E-state index in [1.807, 2.05) is 0 Å². The smallest absolute Gasteiger partial charge is 0.335 e. The lowest BCUT2D eigenvalue weighted by molar-refractivity contribution is -0.118. The number of primary amides is 1. The van der Waals surface area contributed by atoms with Crippen LogP contribution in [0.15, 0.2) is 23.1 Å². The second kappa shape index (κ2) is 7.19. The molecular formula is C13H18N2O5S. The van der Waals surface area contributed by atoms with Crippen LogP contribution in [0.25, 0.3) is 0 Å². The SMILES string of the molecule is Cc1ccc(C(=O)O)cc1S(=O)(=O)NCCCCC(N)=O. The van der Waals surface area contributed by atoms with Crippen molar-refractivity contribution in [2.24, 2.45) is 5.73 Å². The van der Waals surface area contributed by atoms with Crippen molar-refractivity contribution in [3.63, 3.8) is 0 Å². The Kier molecular flexibility index (Phi) is 5.86. The fourth-order valence-electron chi connectivity index (χ4n) is 1.73. The zero-order valence-electron chi connectivity index (χ0n) is 11.6. The molecule has 1 amide bonds. The number of aryl methyl sites for hydroxylation is 1. The quantitative estimate of drug-likeness (QED) is 0.606. The molecule has 0 aliphatic rings. The lowest BCUT2D eigenvalue weighted by atomic mass is 10.1. The Hall–Kier alpha value is -1.93. The van der Waals surface area contributed by atoms with Crippen molar-refractivity contribution in [3.05, 3.63) is 29.3 Å². The summed E-state index contributed by atoms with van der Waals surface area (Å²) in [5.41, 5.74) is 5.36. The van der Waals surface area contributed by atoms with Crippen molar-refractivity contribution in [3.8, 4) is 0 Å². The molecule has 0 aliphatic heterocycles. The van der Waals surface area contributed by atoms with Crippen molar-refractivity contribution in [2.45, 2.75) is 31.1 Å². The van der Waals surface area contributed by atoms with Gasteiger partial charge in [0.15, 0.2) is 0 Å². The van der Waals surface area contributed by atoms with Crippen LogP contribution in [-0.2, 0) is 14.8 Å². The van der Waals surface area contributed by atoms with Gasteiger partial charge in [0.25, 0.3) is 0 Å². The molecule has 7 nitrogen and oxygen atoms in total. The third-order valence-electron chi connectivity index (χ3n) is 2.87. The molecular weight excluding hydrogens is 296 g/mol. The van der Waals surface area contributed by atoms with E-state index in [0.29, 0.717) is 18.4 Å². The van der Waals surface area contributed by atoms with Crippen LogP contribution in [0.4, 0.5) is 0 Å². The van der Waals surface area contributed by atoms with Gasteiger partial charge < -0.3 is 10.8 Å². The lowest BCUT2D eigenvalue weighted by Gasteiger charge is -2.10. The monoisotopic (exact) mass is 314 g/mol. The van der Waals surface area contributed by atoms with Crippen molar-refractivity contribution in [2.75, 3.05) is 6.54 Å². The number of unbranched alkanes of at least 4 members (excludes halogenated alkanes) is 1. The molecule has 0 aromatic heterocycles. The van der Waals surface area contributed by atoms with Gasteiger partial charge in [-0.2, -0.15) is 0 Å². The molecule has 4 N–H and O–H groups in total. The maximum absolute atomic E-state index is 12.1. The van der Waals surface area contributed by atoms with Crippen LogP contribution in [0.1, 0.15) is 35.2 Å². The number of nitrogens with two attached hydrogens (primary N) is 1. The average Bonchev–Trinajstić information content (AvgIpc) is 2.37. The van der Waals surface area contributed by atoms with Crippen molar-refractivity contribution in [1.82, 2.24) is 4.72 Å². The number of hydrogen-bond donors (Lipinski definition) is 3. The number of hydrogen-bond acceptors (Lipinski definition) is 4. The number of sulfonamides is 1. The van der Waals surface area contributed by atoms with Gasteiger partial charge in [-0.25, -0.2) is 17.9 Å². The zero-order valence-corrected chi connectivity index (χ0v) is 12.4. The first kappa shape index (κ1) is 17.1. The molecule has 0 saturated carbocycles. The molecule has 0 atom stereocenters. The minimum atomic E-state index is -3.78. The summed E-state index contributed by atoms with van der Waals surface area (Å²) in [4.78, 5) is 21.4. The second-order valence-corrected chi connectivity index (χ2v) is 6.34. The highest BCUT2D eigenvalue weighted by Gasteiger charge is 2.18. The van der Waals surface area contributed by atoms with Gasteiger partial charge in [-0.05, 0) is 37.5 Å². The van der Waals surface area contributed by atoms with Gasteiger partial charge in [-0.15, -0.1) is 0 Å². The molecule has 0 fully saturated rings. The first-order valence-corrected chi connectivity index (χ1v) is 7.84. The molecule has 0 spiro atoms. The van der Waals surface area contributed by atoms with E-state index in [0.717, 1.165) is 6.07 Å². The number of carboxylic acid groups (broad SMARTS) is 1. The third-order valence-corrected chi connectivity index (χ3v) is 4.47. The number of aromatic carboxylic acids is 1. The van der Waals surface area contributed by atoms with E-state index in [2.05, 4.69) is 4.72 Å². The molecule has 0 radical (unpaired) electrons. The van der Waals surface area contributed by atoms with Crippen LogP contribution >= 0.6 is 0 Å². The minimum Gasteiger partial charge on any atom is -0.478 e. The summed E-state index contributed by atoms with van der Waals surface area (Å²) in [6, 6.07) is 3.93. The normalized spacial score (nSPS) is 11.3. The van der Waals surface area contributed by atoms with Crippen LogP contribution in [0.3, 0.4) is 0 Å². The summed E-state index contributed by atoms with van der Waals surface area (Å²) in [6.07, 6.45) is 1.17. The van der Waals surface area contributed by atoms with Crippen molar-refractivity contribution >= 4 is 21.9 Å². The van der Waals surface area contributed by atoms with Gasteiger partial charge >= 0.3 is 5.97 Å². The summed E-state index contributed by atoms with van der Waals surface area (Å²) in [5, 5.41) is 8.90. The Morgan fingerprint density at radius 2 is 1.95 bits per heavy atom. The van der Waals surface area contributed by atoms with Gasteiger partial charge in [-0.1, -0.05) is 6.07 Å². The van der Waals surface area contributed by atoms with E-state index in [1.165, 1.54) is 12.1 Å². The maximum atomic E-state index is 12.1. The van der Waals surface area contributed by atoms with Gasteiger partial charge in [0.05, 0.1) is 10.5 Å². The van der Waals surface area contributed by atoms with Crippen molar-refractivity contribution < 1.29 is 23.1 Å². The van der Waals surface area contributed by atoms with E-state index < -0.39 is 21.9 Å². The van der Waals surface area contributed by atoms with Gasteiger partial charge in [0, 0.05) is 13.0 Å². The minimum absolute atomic E-state index is 0.0581. The van der Waals surface area contributed by atoms with E-state index in [-0.39, 0.29) is 23.4 Å². The summed E-state index contributed by atoms with van der Waals surface area (Å²) < 4.78 is 26.6. The molecule has 0 bridgehead atoms. The Morgan fingerprint density at radius 1 is 1.29 bits per heavy atom. The number of rotatable bonds is 8.